The number of carboxylic acid groups (broad SMARTS) is 2. The van der Waals surface area contributed by atoms with Crippen LogP contribution < -0.4 is 0 Å². The van der Waals surface area contributed by atoms with Crippen molar-refractivity contribution in [3.63, 3.8) is 0 Å². The molecule has 2 aromatic carbocycles. The van der Waals surface area contributed by atoms with E-state index in [0.29, 0.717) is 48.3 Å². The van der Waals surface area contributed by atoms with Gasteiger partial charge in [0.2, 0.25) is 0 Å². The highest BCUT2D eigenvalue weighted by Crippen LogP contribution is 2.23. The summed E-state index contributed by atoms with van der Waals surface area (Å²) >= 11 is 0. The van der Waals surface area contributed by atoms with E-state index in [4.69, 9.17) is 19.7 Å². The minimum Gasteiger partial charge on any atom is -0.478 e. The number of ether oxygens (including phenoxy) is 2. The van der Waals surface area contributed by atoms with Gasteiger partial charge in [0.25, 0.3) is 0 Å². The summed E-state index contributed by atoms with van der Waals surface area (Å²) in [5, 5.41) is 18.3. The molecule has 0 unspecified atom stereocenters. The predicted molar refractivity (Wildman–Crippen MR) is 136 cm³/mol. The summed E-state index contributed by atoms with van der Waals surface area (Å²) in [5.41, 5.74) is 2.68. The Labute approximate surface area is 212 Å². The Morgan fingerprint density at radius 1 is 0.583 bits per heavy atom. The van der Waals surface area contributed by atoms with Crippen LogP contribution in [0.25, 0.3) is 0 Å². The summed E-state index contributed by atoms with van der Waals surface area (Å²) in [7, 11) is 0. The minimum absolute atomic E-state index is 0.227. The molecule has 0 amide bonds. The van der Waals surface area contributed by atoms with Gasteiger partial charge in [0.1, 0.15) is 0 Å². The molecule has 0 fully saturated rings. The van der Waals surface area contributed by atoms with Crippen molar-refractivity contribution >= 4 is 23.9 Å². The van der Waals surface area contributed by atoms with Gasteiger partial charge in [-0.3, -0.25) is 0 Å². The summed E-state index contributed by atoms with van der Waals surface area (Å²) in [5.74, 6) is -2.73. The lowest BCUT2D eigenvalue weighted by Crippen LogP contribution is -2.12. The van der Waals surface area contributed by atoms with Gasteiger partial charge in [0.15, 0.2) is 0 Å². The van der Waals surface area contributed by atoms with E-state index in [0.717, 1.165) is 25.7 Å². The Kier molecular flexibility index (Phi) is 13.6. The maximum atomic E-state index is 11.5. The first-order valence-corrected chi connectivity index (χ1v) is 12.3. The average Bonchev–Trinajstić information content (AvgIpc) is 2.87. The Morgan fingerprint density at radius 3 is 1.17 bits per heavy atom. The number of rotatable bonds is 12. The van der Waals surface area contributed by atoms with Crippen LogP contribution in [-0.4, -0.2) is 47.3 Å². The molecule has 0 bridgehead atoms. The number of carbonyl (C=O) groups excluding carboxylic acids is 2. The van der Waals surface area contributed by atoms with Gasteiger partial charge in [-0.1, -0.05) is 40.5 Å². The summed E-state index contributed by atoms with van der Waals surface area (Å²) in [6.07, 6.45) is 4.34. The third-order valence-corrected chi connectivity index (χ3v) is 5.12. The second-order valence-corrected chi connectivity index (χ2v) is 8.08. The van der Waals surface area contributed by atoms with Gasteiger partial charge >= 0.3 is 23.9 Å². The van der Waals surface area contributed by atoms with E-state index in [1.807, 2.05) is 27.7 Å². The van der Waals surface area contributed by atoms with Crippen molar-refractivity contribution in [3.8, 4) is 0 Å². The van der Waals surface area contributed by atoms with E-state index in [1.165, 1.54) is 12.1 Å². The van der Waals surface area contributed by atoms with E-state index in [-0.39, 0.29) is 23.1 Å². The molecular weight excluding hydrogens is 464 g/mol. The number of carbonyl (C=O) groups is 4. The maximum absolute atomic E-state index is 11.5. The maximum Gasteiger partial charge on any atom is 0.338 e. The van der Waals surface area contributed by atoms with Gasteiger partial charge in [-0.15, -0.1) is 0 Å². The molecule has 0 atom stereocenters. The topological polar surface area (TPSA) is 127 Å². The first-order chi connectivity index (χ1) is 17.2. The fraction of sp³-hybridized carbons (Fsp3) is 0.429. The van der Waals surface area contributed by atoms with Crippen molar-refractivity contribution in [1.82, 2.24) is 0 Å². The molecule has 0 aromatic heterocycles. The van der Waals surface area contributed by atoms with Crippen LogP contribution in [0, 0.1) is 0 Å². The van der Waals surface area contributed by atoms with Crippen LogP contribution in [0.15, 0.2) is 36.4 Å². The summed E-state index contributed by atoms with van der Waals surface area (Å²) < 4.78 is 9.97. The Balaban J connectivity index is 0.000000360. The molecule has 0 saturated heterocycles. The fourth-order valence-electron chi connectivity index (χ4n) is 3.46. The molecule has 2 aromatic rings. The quantitative estimate of drug-likeness (QED) is 0.350. The zero-order chi connectivity index (χ0) is 27.1. The lowest BCUT2D eigenvalue weighted by atomic mass is 9.90. The molecular formula is C28H36O8. The predicted octanol–water partition coefficient (Wildman–Crippen LogP) is 5.81. The van der Waals surface area contributed by atoms with Crippen molar-refractivity contribution in [2.24, 2.45) is 0 Å². The van der Waals surface area contributed by atoms with Crippen molar-refractivity contribution < 1.29 is 38.9 Å². The highest BCUT2D eigenvalue weighted by atomic mass is 16.5. The van der Waals surface area contributed by atoms with Gasteiger partial charge in [-0.05, 0) is 73.2 Å². The Hall–Kier alpha value is -3.68. The molecule has 0 aliphatic carbocycles. The van der Waals surface area contributed by atoms with Gasteiger partial charge in [-0.2, -0.15) is 0 Å². The molecule has 2 rings (SSSR count). The van der Waals surface area contributed by atoms with Gasteiger partial charge in [0, 0.05) is 0 Å². The number of esters is 2. The van der Waals surface area contributed by atoms with Gasteiger partial charge < -0.3 is 19.7 Å². The standard InChI is InChI=1S/2C14H18O4/c1-3-9-17-13(15)11-5-7-12(8-6-11)14(16)18-10-4-2;1-3-5-9-10(6-4-2)12(14(17)18)8-7-11(9)13(15)16/h5-8H,3-4,9-10H2,1-2H3;7-8H,3-6H2,1-2H3,(H,15,16)(H,17,18). The van der Waals surface area contributed by atoms with E-state index in [2.05, 4.69) is 0 Å². The first kappa shape index (κ1) is 30.4. The molecule has 0 saturated carbocycles. The molecule has 0 aliphatic rings. The highest BCUT2D eigenvalue weighted by molar-refractivity contribution is 5.95. The molecule has 36 heavy (non-hydrogen) atoms. The largest absolute Gasteiger partial charge is 0.478 e. The van der Waals surface area contributed by atoms with E-state index >= 15 is 0 Å². The van der Waals surface area contributed by atoms with Crippen LogP contribution in [0.4, 0.5) is 0 Å². The summed E-state index contributed by atoms with van der Waals surface area (Å²) in [4.78, 5) is 45.4. The van der Waals surface area contributed by atoms with Crippen molar-refractivity contribution in [2.75, 3.05) is 13.2 Å². The Bertz CT molecular complexity index is 943. The highest BCUT2D eigenvalue weighted by Gasteiger charge is 2.19. The zero-order valence-electron chi connectivity index (χ0n) is 21.5. The van der Waals surface area contributed by atoms with Crippen molar-refractivity contribution in [1.29, 1.82) is 0 Å². The molecule has 196 valence electrons. The molecule has 0 spiro atoms. The van der Waals surface area contributed by atoms with E-state index in [1.54, 1.807) is 24.3 Å². The molecule has 0 heterocycles. The summed E-state index contributed by atoms with van der Waals surface area (Å²) in [6.45, 7) is 8.57. The normalized spacial score (nSPS) is 10.1. The van der Waals surface area contributed by atoms with E-state index in [9.17, 15) is 19.2 Å². The van der Waals surface area contributed by atoms with Crippen LogP contribution in [0.1, 0.15) is 106 Å². The zero-order valence-corrected chi connectivity index (χ0v) is 21.5. The monoisotopic (exact) mass is 500 g/mol. The lowest BCUT2D eigenvalue weighted by Gasteiger charge is -2.14. The third-order valence-electron chi connectivity index (χ3n) is 5.12. The fourth-order valence-corrected chi connectivity index (χ4v) is 3.46. The second-order valence-electron chi connectivity index (χ2n) is 8.08. The number of carboxylic acids is 2. The van der Waals surface area contributed by atoms with Crippen LogP contribution in [0.5, 0.6) is 0 Å². The van der Waals surface area contributed by atoms with E-state index < -0.39 is 11.9 Å². The van der Waals surface area contributed by atoms with Crippen molar-refractivity contribution in [3.05, 3.63) is 69.8 Å². The number of hydrogen-bond donors (Lipinski definition) is 2. The molecule has 0 radical (unpaired) electrons. The third kappa shape index (κ3) is 9.17. The lowest BCUT2D eigenvalue weighted by molar-refractivity contribution is 0.0490. The van der Waals surface area contributed by atoms with Crippen LogP contribution in [0.3, 0.4) is 0 Å². The Morgan fingerprint density at radius 2 is 0.917 bits per heavy atom. The summed E-state index contributed by atoms with van der Waals surface area (Å²) in [6, 6.07) is 9.08. The molecule has 8 heteroatoms. The number of hydrogen-bond acceptors (Lipinski definition) is 6. The SMILES string of the molecule is CCCOC(=O)c1ccc(C(=O)OCCC)cc1.CCCc1c(C(=O)O)ccc(C(=O)O)c1CCC. The number of aromatic carboxylic acids is 2. The smallest absolute Gasteiger partial charge is 0.338 e. The van der Waals surface area contributed by atoms with Crippen LogP contribution in [0.2, 0.25) is 0 Å². The van der Waals surface area contributed by atoms with Crippen molar-refractivity contribution in [2.45, 2.75) is 66.2 Å². The molecule has 0 aliphatic heterocycles. The molecule has 8 nitrogen and oxygen atoms in total. The molecule has 2 N–H and O–H groups in total. The van der Waals surface area contributed by atoms with Gasteiger partial charge in [-0.25, -0.2) is 19.2 Å². The minimum atomic E-state index is -0.993. The van der Waals surface area contributed by atoms with Gasteiger partial charge in [0.05, 0.1) is 35.5 Å². The second kappa shape index (κ2) is 16.1. The number of benzene rings is 2. The first-order valence-electron chi connectivity index (χ1n) is 12.3. The average molecular weight is 501 g/mol. The van der Waals surface area contributed by atoms with Crippen LogP contribution in [-0.2, 0) is 22.3 Å². The van der Waals surface area contributed by atoms with Crippen LogP contribution >= 0.6 is 0 Å².